The molecule has 1 aliphatic rings. The fraction of sp³-hybridized carbons (Fsp3) is 0.923. The van der Waals surface area contributed by atoms with Crippen molar-refractivity contribution in [3.63, 3.8) is 0 Å². The van der Waals surface area contributed by atoms with Crippen molar-refractivity contribution in [2.45, 2.75) is 65.9 Å². The summed E-state index contributed by atoms with van der Waals surface area (Å²) in [5.41, 5.74) is -0.165. The average Bonchev–Trinajstić information content (AvgIpc) is 2.53. The van der Waals surface area contributed by atoms with E-state index < -0.39 is 0 Å². The van der Waals surface area contributed by atoms with Gasteiger partial charge in [0.15, 0.2) is 0 Å². The molecular formula is C13H24O2. The monoisotopic (exact) mass is 212 g/mol. The number of carbonyl (C=O) groups excluding carboxylic acids is 1. The van der Waals surface area contributed by atoms with Gasteiger partial charge in [0.1, 0.15) is 6.10 Å². The van der Waals surface area contributed by atoms with Gasteiger partial charge in [0, 0.05) is 6.42 Å². The first kappa shape index (κ1) is 12.5. The Morgan fingerprint density at radius 1 is 1.40 bits per heavy atom. The molecule has 1 heterocycles. The van der Waals surface area contributed by atoms with Gasteiger partial charge in [0.2, 0.25) is 0 Å². The first-order valence-corrected chi connectivity index (χ1v) is 6.25. The SMILES string of the molecule is CCC1(CC)CC(CCC(C)C)OC1=O. The van der Waals surface area contributed by atoms with Crippen LogP contribution in [0.3, 0.4) is 0 Å². The maximum atomic E-state index is 11.8. The Bertz CT molecular complexity index is 217. The first-order chi connectivity index (χ1) is 7.04. The topological polar surface area (TPSA) is 26.3 Å². The summed E-state index contributed by atoms with van der Waals surface area (Å²) in [5, 5.41) is 0. The second-order valence-corrected chi connectivity index (χ2v) is 5.19. The van der Waals surface area contributed by atoms with Crippen LogP contribution in [-0.2, 0) is 9.53 Å². The highest BCUT2D eigenvalue weighted by molar-refractivity contribution is 5.78. The van der Waals surface area contributed by atoms with Gasteiger partial charge < -0.3 is 4.74 Å². The summed E-state index contributed by atoms with van der Waals surface area (Å²) >= 11 is 0. The summed E-state index contributed by atoms with van der Waals surface area (Å²) in [5.74, 6) is 0.739. The van der Waals surface area contributed by atoms with Crippen molar-refractivity contribution in [3.8, 4) is 0 Å². The maximum absolute atomic E-state index is 11.8. The molecule has 1 saturated heterocycles. The molecule has 0 bridgehead atoms. The number of rotatable bonds is 5. The zero-order valence-corrected chi connectivity index (χ0v) is 10.5. The highest BCUT2D eigenvalue weighted by Gasteiger charge is 2.45. The summed E-state index contributed by atoms with van der Waals surface area (Å²) in [7, 11) is 0. The van der Waals surface area contributed by atoms with Crippen LogP contribution in [0.1, 0.15) is 59.8 Å². The number of carbonyl (C=O) groups is 1. The van der Waals surface area contributed by atoms with E-state index in [2.05, 4.69) is 27.7 Å². The first-order valence-electron chi connectivity index (χ1n) is 6.25. The quantitative estimate of drug-likeness (QED) is 0.651. The Morgan fingerprint density at radius 2 is 2.00 bits per heavy atom. The molecule has 1 atom stereocenters. The van der Waals surface area contributed by atoms with E-state index in [1.54, 1.807) is 0 Å². The number of hydrogen-bond donors (Lipinski definition) is 0. The predicted molar refractivity (Wildman–Crippen MR) is 61.6 cm³/mol. The van der Waals surface area contributed by atoms with Crippen LogP contribution in [0.2, 0.25) is 0 Å². The third-order valence-corrected chi connectivity index (χ3v) is 3.74. The molecular weight excluding hydrogens is 188 g/mol. The van der Waals surface area contributed by atoms with Crippen LogP contribution in [0, 0.1) is 11.3 Å². The standard InChI is InChI=1S/C13H24O2/c1-5-13(6-2)9-11(15-12(13)14)8-7-10(3)4/h10-11H,5-9H2,1-4H3. The van der Waals surface area contributed by atoms with Crippen molar-refractivity contribution in [3.05, 3.63) is 0 Å². The molecule has 15 heavy (non-hydrogen) atoms. The van der Waals surface area contributed by atoms with Crippen molar-refractivity contribution in [1.29, 1.82) is 0 Å². The van der Waals surface area contributed by atoms with Crippen molar-refractivity contribution < 1.29 is 9.53 Å². The van der Waals surface area contributed by atoms with Crippen LogP contribution < -0.4 is 0 Å². The Morgan fingerprint density at radius 3 is 2.40 bits per heavy atom. The Balaban J connectivity index is 2.51. The lowest BCUT2D eigenvalue weighted by Gasteiger charge is -2.20. The highest BCUT2D eigenvalue weighted by Crippen LogP contribution is 2.41. The lowest BCUT2D eigenvalue weighted by Crippen LogP contribution is -2.24. The van der Waals surface area contributed by atoms with E-state index in [0.29, 0.717) is 5.92 Å². The molecule has 1 aliphatic heterocycles. The minimum absolute atomic E-state index is 0.0428. The largest absolute Gasteiger partial charge is 0.462 e. The van der Waals surface area contributed by atoms with E-state index in [4.69, 9.17) is 4.74 Å². The zero-order valence-electron chi connectivity index (χ0n) is 10.5. The van der Waals surface area contributed by atoms with E-state index >= 15 is 0 Å². The van der Waals surface area contributed by atoms with Crippen molar-refractivity contribution in [1.82, 2.24) is 0 Å². The minimum atomic E-state index is -0.165. The third kappa shape index (κ3) is 2.73. The molecule has 88 valence electrons. The minimum Gasteiger partial charge on any atom is -0.462 e. The summed E-state index contributed by atoms with van der Waals surface area (Å²) in [6, 6.07) is 0. The maximum Gasteiger partial charge on any atom is 0.312 e. The molecule has 1 unspecified atom stereocenters. The zero-order chi connectivity index (χ0) is 11.5. The third-order valence-electron chi connectivity index (χ3n) is 3.74. The van der Waals surface area contributed by atoms with Gasteiger partial charge in [-0.1, -0.05) is 27.7 Å². The van der Waals surface area contributed by atoms with Gasteiger partial charge in [-0.25, -0.2) is 0 Å². The fourth-order valence-electron chi connectivity index (χ4n) is 2.34. The predicted octanol–water partition coefficient (Wildman–Crippen LogP) is 3.54. The molecule has 0 aromatic heterocycles. The number of ether oxygens (including phenoxy) is 1. The van der Waals surface area contributed by atoms with Gasteiger partial charge in [-0.15, -0.1) is 0 Å². The van der Waals surface area contributed by atoms with Gasteiger partial charge in [-0.05, 0) is 31.6 Å². The fourth-order valence-corrected chi connectivity index (χ4v) is 2.34. The van der Waals surface area contributed by atoms with E-state index in [1.807, 2.05) is 0 Å². The second-order valence-electron chi connectivity index (χ2n) is 5.19. The van der Waals surface area contributed by atoms with E-state index in [0.717, 1.165) is 32.1 Å². The number of cyclic esters (lactones) is 1. The summed E-state index contributed by atoms with van der Waals surface area (Å²) in [4.78, 5) is 11.8. The smallest absolute Gasteiger partial charge is 0.312 e. The molecule has 0 aromatic carbocycles. The molecule has 2 nitrogen and oxygen atoms in total. The second kappa shape index (κ2) is 5.00. The Hall–Kier alpha value is -0.530. The van der Waals surface area contributed by atoms with Crippen LogP contribution in [0.15, 0.2) is 0 Å². The molecule has 0 spiro atoms. The Labute approximate surface area is 93.4 Å². The van der Waals surface area contributed by atoms with Crippen molar-refractivity contribution in [2.24, 2.45) is 11.3 Å². The van der Waals surface area contributed by atoms with Crippen LogP contribution in [-0.4, -0.2) is 12.1 Å². The normalized spacial score (nSPS) is 24.6. The molecule has 0 radical (unpaired) electrons. The van der Waals surface area contributed by atoms with E-state index in [-0.39, 0.29) is 17.5 Å². The summed E-state index contributed by atoms with van der Waals surface area (Å²) < 4.78 is 5.47. The van der Waals surface area contributed by atoms with Gasteiger partial charge in [0.05, 0.1) is 5.41 Å². The van der Waals surface area contributed by atoms with Crippen molar-refractivity contribution >= 4 is 5.97 Å². The molecule has 0 N–H and O–H groups in total. The van der Waals surface area contributed by atoms with Crippen LogP contribution in [0.25, 0.3) is 0 Å². The van der Waals surface area contributed by atoms with Gasteiger partial charge in [-0.2, -0.15) is 0 Å². The molecule has 0 saturated carbocycles. The van der Waals surface area contributed by atoms with Crippen molar-refractivity contribution in [2.75, 3.05) is 0 Å². The summed E-state index contributed by atoms with van der Waals surface area (Å²) in [6.45, 7) is 8.61. The molecule has 1 rings (SSSR count). The van der Waals surface area contributed by atoms with Gasteiger partial charge in [-0.3, -0.25) is 4.79 Å². The molecule has 0 aliphatic carbocycles. The van der Waals surface area contributed by atoms with Crippen LogP contribution in [0.5, 0.6) is 0 Å². The summed E-state index contributed by atoms with van der Waals surface area (Å²) in [6.07, 6.45) is 5.14. The molecule has 0 aromatic rings. The highest BCUT2D eigenvalue weighted by atomic mass is 16.6. The van der Waals surface area contributed by atoms with Gasteiger partial charge in [0.25, 0.3) is 0 Å². The van der Waals surface area contributed by atoms with Gasteiger partial charge >= 0.3 is 5.97 Å². The number of esters is 1. The Kier molecular flexibility index (Phi) is 4.18. The average molecular weight is 212 g/mol. The van der Waals surface area contributed by atoms with Crippen LogP contribution in [0.4, 0.5) is 0 Å². The lowest BCUT2D eigenvalue weighted by atomic mass is 9.79. The van der Waals surface area contributed by atoms with E-state index in [9.17, 15) is 4.79 Å². The number of hydrogen-bond acceptors (Lipinski definition) is 2. The van der Waals surface area contributed by atoms with E-state index in [1.165, 1.54) is 0 Å². The molecule has 1 fully saturated rings. The lowest BCUT2D eigenvalue weighted by molar-refractivity contribution is -0.149. The molecule has 0 amide bonds. The molecule has 2 heteroatoms. The van der Waals surface area contributed by atoms with Crippen LogP contribution >= 0.6 is 0 Å².